The van der Waals surface area contributed by atoms with Crippen molar-refractivity contribution in [2.45, 2.75) is 18.4 Å². The van der Waals surface area contributed by atoms with E-state index in [1.54, 1.807) is 54.6 Å². The van der Waals surface area contributed by atoms with Crippen LogP contribution in [0.4, 0.5) is 0 Å². The van der Waals surface area contributed by atoms with E-state index in [-0.39, 0.29) is 17.0 Å². The number of benzene rings is 3. The average Bonchev–Trinajstić information content (AvgIpc) is 2.73. The van der Waals surface area contributed by atoms with Gasteiger partial charge in [-0.15, -0.1) is 0 Å². The van der Waals surface area contributed by atoms with Crippen LogP contribution in [-0.2, 0) is 21.4 Å². The predicted molar refractivity (Wildman–Crippen MR) is 114 cm³/mol. The Hall–Kier alpha value is -2.77. The molecule has 0 heterocycles. The molecule has 3 aromatic rings. The minimum Gasteiger partial charge on any atom is -0.283 e. The lowest BCUT2D eigenvalue weighted by Crippen LogP contribution is -2.40. The molecule has 0 unspecified atom stereocenters. The molecule has 0 spiro atoms. The van der Waals surface area contributed by atoms with E-state index in [2.05, 4.69) is 15.9 Å². The molecule has 148 valence electrons. The number of ketones is 1. The van der Waals surface area contributed by atoms with E-state index in [0.29, 0.717) is 9.87 Å². The summed E-state index contributed by atoms with van der Waals surface area (Å²) >= 11 is 3.32. The first-order valence-corrected chi connectivity index (χ1v) is 11.0. The Morgan fingerprint density at radius 1 is 0.862 bits per heavy atom. The van der Waals surface area contributed by atoms with Gasteiger partial charge in [0.2, 0.25) is 0 Å². The molecule has 0 atom stereocenters. The van der Waals surface area contributed by atoms with Crippen molar-refractivity contribution in [1.29, 1.82) is 0 Å². The summed E-state index contributed by atoms with van der Waals surface area (Å²) in [5.74, 6) is -1.97. The van der Waals surface area contributed by atoms with Gasteiger partial charge in [-0.3, -0.25) is 9.59 Å². The fraction of sp³-hybridized carbons (Fsp3) is 0.0909. The van der Waals surface area contributed by atoms with Crippen LogP contribution >= 0.6 is 15.9 Å². The largest absolute Gasteiger partial charge is 0.309 e. The Kier molecular flexibility index (Phi) is 6.30. The maximum atomic E-state index is 13.2. The Labute approximate surface area is 178 Å². The van der Waals surface area contributed by atoms with E-state index in [1.807, 2.05) is 6.92 Å². The molecule has 0 saturated heterocycles. The highest BCUT2D eigenvalue weighted by Crippen LogP contribution is 2.21. The van der Waals surface area contributed by atoms with Gasteiger partial charge in [0.05, 0.1) is 11.4 Å². The number of carbonyl (C=O) groups excluding carboxylic acids is 2. The first-order chi connectivity index (χ1) is 13.8. The summed E-state index contributed by atoms with van der Waals surface area (Å²) in [5, 5.41) is 0. The van der Waals surface area contributed by atoms with Crippen LogP contribution in [0, 0.1) is 6.92 Å². The summed E-state index contributed by atoms with van der Waals surface area (Å²) in [7, 11) is -4.23. The summed E-state index contributed by atoms with van der Waals surface area (Å²) in [6.45, 7) is 1.58. The Morgan fingerprint density at radius 3 is 2.03 bits per heavy atom. The molecule has 3 aromatic carbocycles. The molecule has 0 radical (unpaired) electrons. The van der Waals surface area contributed by atoms with E-state index in [1.165, 1.54) is 24.3 Å². The fourth-order valence-electron chi connectivity index (χ4n) is 2.69. The number of Topliss-reactive ketones (excluding diaryl/α,β-unsaturated/α-hetero) is 1. The van der Waals surface area contributed by atoms with Crippen molar-refractivity contribution < 1.29 is 18.0 Å². The van der Waals surface area contributed by atoms with E-state index in [4.69, 9.17) is 0 Å². The molecule has 0 aromatic heterocycles. The minimum atomic E-state index is -4.23. The molecule has 3 rings (SSSR count). The number of hydrogen-bond acceptors (Lipinski definition) is 4. The molecule has 0 N–H and O–H groups in total. The third-order valence-electron chi connectivity index (χ3n) is 4.31. The van der Waals surface area contributed by atoms with Crippen molar-refractivity contribution in [3.05, 3.63) is 100 Å². The zero-order valence-electron chi connectivity index (χ0n) is 15.6. The average molecular weight is 472 g/mol. The maximum absolute atomic E-state index is 13.2. The normalized spacial score (nSPS) is 11.1. The Bertz CT molecular complexity index is 1130. The van der Waals surface area contributed by atoms with Crippen molar-refractivity contribution in [3.63, 3.8) is 0 Å². The van der Waals surface area contributed by atoms with Gasteiger partial charge in [-0.2, -0.15) is 0 Å². The number of amides is 1. The van der Waals surface area contributed by atoms with Crippen LogP contribution in [0.2, 0.25) is 0 Å². The van der Waals surface area contributed by atoms with E-state index >= 15 is 0 Å². The zero-order valence-corrected chi connectivity index (χ0v) is 18.0. The third kappa shape index (κ3) is 4.81. The molecular formula is C22H18BrNO4S. The SMILES string of the molecule is Cc1ccc(S(=O)(=O)N(Cc2ccc(Br)cc2)C(=O)C(=O)c2ccccc2)cc1. The summed E-state index contributed by atoms with van der Waals surface area (Å²) in [6.07, 6.45) is 0. The number of sulfonamides is 1. The minimum absolute atomic E-state index is 0.0468. The van der Waals surface area contributed by atoms with Crippen LogP contribution in [0.15, 0.2) is 88.2 Å². The highest BCUT2D eigenvalue weighted by molar-refractivity contribution is 9.10. The first-order valence-electron chi connectivity index (χ1n) is 8.76. The summed E-state index contributed by atoms with van der Waals surface area (Å²) in [5.41, 5.74) is 1.60. The van der Waals surface area contributed by atoms with Gasteiger partial charge in [-0.25, -0.2) is 12.7 Å². The fourth-order valence-corrected chi connectivity index (χ4v) is 4.30. The molecule has 1 amide bonds. The Balaban J connectivity index is 2.03. The molecular weight excluding hydrogens is 454 g/mol. The van der Waals surface area contributed by atoms with Gasteiger partial charge in [0, 0.05) is 10.0 Å². The number of halogens is 1. The van der Waals surface area contributed by atoms with Crippen LogP contribution < -0.4 is 0 Å². The first kappa shape index (κ1) is 21.0. The van der Waals surface area contributed by atoms with Crippen molar-refractivity contribution >= 4 is 37.6 Å². The van der Waals surface area contributed by atoms with E-state index < -0.39 is 21.7 Å². The van der Waals surface area contributed by atoms with Gasteiger partial charge in [-0.1, -0.05) is 76.1 Å². The molecule has 5 nitrogen and oxygen atoms in total. The topological polar surface area (TPSA) is 71.5 Å². The van der Waals surface area contributed by atoms with E-state index in [9.17, 15) is 18.0 Å². The van der Waals surface area contributed by atoms with Crippen LogP contribution in [0.5, 0.6) is 0 Å². The standard InChI is InChI=1S/C22H18BrNO4S/c1-16-7-13-20(14-8-16)29(27,28)24(15-17-9-11-19(23)12-10-17)22(26)21(25)18-5-3-2-4-6-18/h2-14H,15H2,1H3. The summed E-state index contributed by atoms with van der Waals surface area (Å²) < 4.78 is 27.9. The molecule has 0 aliphatic carbocycles. The molecule has 0 fully saturated rings. The third-order valence-corrected chi connectivity index (χ3v) is 6.58. The highest BCUT2D eigenvalue weighted by Gasteiger charge is 2.34. The van der Waals surface area contributed by atoms with Gasteiger partial charge in [0.1, 0.15) is 0 Å². The lowest BCUT2D eigenvalue weighted by atomic mass is 10.1. The van der Waals surface area contributed by atoms with E-state index in [0.717, 1.165) is 10.0 Å². The predicted octanol–water partition coefficient (Wildman–Crippen LogP) is 4.36. The Morgan fingerprint density at radius 2 is 1.45 bits per heavy atom. The van der Waals surface area contributed by atoms with Crippen LogP contribution in [0.25, 0.3) is 0 Å². The van der Waals surface area contributed by atoms with Crippen molar-refractivity contribution in [2.24, 2.45) is 0 Å². The zero-order chi connectivity index (χ0) is 21.0. The lowest BCUT2D eigenvalue weighted by molar-refractivity contribution is -0.122. The van der Waals surface area contributed by atoms with Crippen molar-refractivity contribution in [2.75, 3.05) is 0 Å². The molecule has 7 heteroatoms. The van der Waals surface area contributed by atoms with Crippen LogP contribution in [0.1, 0.15) is 21.5 Å². The monoisotopic (exact) mass is 471 g/mol. The van der Waals surface area contributed by atoms with Gasteiger partial charge in [-0.05, 0) is 36.8 Å². The molecule has 29 heavy (non-hydrogen) atoms. The van der Waals surface area contributed by atoms with Crippen LogP contribution in [0.3, 0.4) is 0 Å². The summed E-state index contributed by atoms with van der Waals surface area (Å²) in [4.78, 5) is 25.6. The number of hydrogen-bond donors (Lipinski definition) is 0. The number of nitrogens with zero attached hydrogens (tertiary/aromatic N) is 1. The smallest absolute Gasteiger partial charge is 0.283 e. The lowest BCUT2D eigenvalue weighted by Gasteiger charge is -2.22. The van der Waals surface area contributed by atoms with Gasteiger partial charge in [0.15, 0.2) is 0 Å². The second-order valence-electron chi connectivity index (χ2n) is 6.45. The number of carbonyl (C=O) groups is 2. The molecule has 0 bridgehead atoms. The number of aryl methyl sites for hydroxylation is 1. The molecule has 0 aliphatic heterocycles. The maximum Gasteiger partial charge on any atom is 0.309 e. The van der Waals surface area contributed by atoms with Crippen molar-refractivity contribution in [3.8, 4) is 0 Å². The highest BCUT2D eigenvalue weighted by atomic mass is 79.9. The second-order valence-corrected chi connectivity index (χ2v) is 9.23. The second kappa shape index (κ2) is 8.71. The van der Waals surface area contributed by atoms with Crippen molar-refractivity contribution in [1.82, 2.24) is 4.31 Å². The molecule has 0 saturated carbocycles. The van der Waals surface area contributed by atoms with Gasteiger partial charge in [0.25, 0.3) is 15.8 Å². The quantitative estimate of drug-likeness (QED) is 0.395. The van der Waals surface area contributed by atoms with Gasteiger partial charge >= 0.3 is 5.91 Å². The summed E-state index contributed by atoms with van der Waals surface area (Å²) in [6, 6.07) is 21.0. The van der Waals surface area contributed by atoms with Crippen LogP contribution in [-0.4, -0.2) is 24.4 Å². The van der Waals surface area contributed by atoms with Gasteiger partial charge < -0.3 is 0 Å². The number of rotatable bonds is 6. The molecule has 0 aliphatic rings.